The zero-order valence-electron chi connectivity index (χ0n) is 20.5. The van der Waals surface area contributed by atoms with E-state index in [-0.39, 0.29) is 17.5 Å². The first-order chi connectivity index (χ1) is 18.0. The summed E-state index contributed by atoms with van der Waals surface area (Å²) in [6, 6.07) is 17.5. The van der Waals surface area contributed by atoms with Crippen LogP contribution in [0, 0.1) is 10.1 Å². The Morgan fingerprint density at radius 1 is 1.05 bits per heavy atom. The summed E-state index contributed by atoms with van der Waals surface area (Å²) >= 11 is 1.55. The number of thiophene rings is 1. The number of nitrogens with zero attached hydrogens (tertiary/aromatic N) is 4. The number of nitro benzene ring substituents is 1. The second kappa shape index (κ2) is 10.7. The van der Waals surface area contributed by atoms with Gasteiger partial charge in [0.05, 0.1) is 23.5 Å². The molecule has 0 radical (unpaired) electrons. The number of carbonyl (C=O) groups is 2. The summed E-state index contributed by atoms with van der Waals surface area (Å²) in [6.45, 7) is 3.06. The molecule has 0 N–H and O–H groups in total. The van der Waals surface area contributed by atoms with Crippen molar-refractivity contribution in [3.8, 4) is 0 Å². The van der Waals surface area contributed by atoms with Gasteiger partial charge in [-0.15, -0.1) is 11.3 Å². The van der Waals surface area contributed by atoms with Crippen molar-refractivity contribution >= 4 is 34.5 Å². The zero-order chi connectivity index (χ0) is 25.9. The Kier molecular flexibility index (Phi) is 7.20. The predicted molar refractivity (Wildman–Crippen MR) is 141 cm³/mol. The van der Waals surface area contributed by atoms with Crippen LogP contribution in [0.4, 0.5) is 11.4 Å². The molecule has 0 saturated carbocycles. The van der Waals surface area contributed by atoms with E-state index in [0.29, 0.717) is 44.9 Å². The highest BCUT2D eigenvalue weighted by atomic mass is 32.1. The largest absolute Gasteiger partial charge is 0.383 e. The van der Waals surface area contributed by atoms with Gasteiger partial charge in [-0.1, -0.05) is 24.3 Å². The standard InChI is InChI=1S/C27H28N4O5S/c1-36-17-16-30-25(23-7-4-18-37-23)24(21-5-2-3-6-22(21)26(30)32)27(33)29-14-12-28(13-15-29)19-8-10-20(11-9-19)31(34)35/h2-11,18,24-25H,12-17H2,1H3/t24-,25+/m0/s1. The molecule has 2 amide bonds. The number of carbonyl (C=O) groups excluding carboxylic acids is 2. The monoisotopic (exact) mass is 520 g/mol. The van der Waals surface area contributed by atoms with Gasteiger partial charge in [-0.25, -0.2) is 0 Å². The molecule has 1 fully saturated rings. The van der Waals surface area contributed by atoms with Crippen LogP contribution in [-0.4, -0.2) is 73.0 Å². The number of piperazine rings is 1. The molecular weight excluding hydrogens is 492 g/mol. The van der Waals surface area contributed by atoms with Crippen LogP contribution < -0.4 is 4.90 Å². The molecule has 0 spiro atoms. The summed E-state index contributed by atoms with van der Waals surface area (Å²) in [5.74, 6) is -0.600. The second-order valence-electron chi connectivity index (χ2n) is 9.10. The number of ether oxygens (including phenoxy) is 1. The number of fused-ring (bicyclic) bond motifs is 1. The molecule has 3 aromatic rings. The van der Waals surface area contributed by atoms with E-state index < -0.39 is 16.9 Å². The molecule has 2 aliphatic heterocycles. The van der Waals surface area contributed by atoms with Crippen molar-refractivity contribution in [1.82, 2.24) is 9.80 Å². The number of hydrogen-bond donors (Lipinski definition) is 0. The number of rotatable bonds is 7. The Bertz CT molecular complexity index is 1270. The van der Waals surface area contributed by atoms with E-state index in [2.05, 4.69) is 4.90 Å². The SMILES string of the molecule is COCCN1C(=O)c2ccccc2[C@H](C(=O)N2CCN(c3ccc([N+](=O)[O-])cc3)CC2)[C@H]1c1cccs1. The van der Waals surface area contributed by atoms with E-state index in [4.69, 9.17) is 4.74 Å². The lowest BCUT2D eigenvalue weighted by Gasteiger charge is -2.44. The van der Waals surface area contributed by atoms with Gasteiger partial charge >= 0.3 is 0 Å². The second-order valence-corrected chi connectivity index (χ2v) is 10.1. The average molecular weight is 521 g/mol. The van der Waals surface area contributed by atoms with E-state index in [0.717, 1.165) is 16.1 Å². The molecule has 192 valence electrons. The van der Waals surface area contributed by atoms with Crippen molar-refractivity contribution < 1.29 is 19.2 Å². The number of amides is 2. The number of benzene rings is 2. The lowest BCUT2D eigenvalue weighted by Crippen LogP contribution is -2.53. The summed E-state index contributed by atoms with van der Waals surface area (Å²) in [5, 5.41) is 12.9. The number of non-ortho nitro benzene ring substituents is 1. The molecule has 2 atom stereocenters. The predicted octanol–water partition coefficient (Wildman–Crippen LogP) is 3.93. The third kappa shape index (κ3) is 4.82. The van der Waals surface area contributed by atoms with Gasteiger partial charge in [-0.3, -0.25) is 19.7 Å². The van der Waals surface area contributed by atoms with Gasteiger partial charge < -0.3 is 19.4 Å². The van der Waals surface area contributed by atoms with Crippen molar-refractivity contribution in [2.45, 2.75) is 12.0 Å². The fourth-order valence-electron chi connectivity index (χ4n) is 5.24. The van der Waals surface area contributed by atoms with Crippen LogP contribution in [0.3, 0.4) is 0 Å². The summed E-state index contributed by atoms with van der Waals surface area (Å²) in [7, 11) is 1.61. The number of hydrogen-bond acceptors (Lipinski definition) is 7. The average Bonchev–Trinajstić information content (AvgIpc) is 3.47. The molecule has 37 heavy (non-hydrogen) atoms. The first-order valence-electron chi connectivity index (χ1n) is 12.2. The van der Waals surface area contributed by atoms with Crippen LogP contribution in [0.1, 0.15) is 32.8 Å². The number of anilines is 1. The Morgan fingerprint density at radius 2 is 1.78 bits per heavy atom. The molecule has 2 aromatic carbocycles. The Morgan fingerprint density at radius 3 is 2.43 bits per heavy atom. The van der Waals surface area contributed by atoms with E-state index >= 15 is 0 Å². The van der Waals surface area contributed by atoms with Gasteiger partial charge in [0.1, 0.15) is 0 Å². The van der Waals surface area contributed by atoms with E-state index in [1.807, 2.05) is 40.6 Å². The lowest BCUT2D eigenvalue weighted by molar-refractivity contribution is -0.384. The summed E-state index contributed by atoms with van der Waals surface area (Å²) < 4.78 is 5.30. The maximum atomic E-state index is 14.2. The highest BCUT2D eigenvalue weighted by Gasteiger charge is 2.46. The molecule has 3 heterocycles. The smallest absolute Gasteiger partial charge is 0.269 e. The van der Waals surface area contributed by atoms with Gasteiger partial charge in [0, 0.05) is 68.1 Å². The topological polar surface area (TPSA) is 96.2 Å². The third-order valence-electron chi connectivity index (χ3n) is 7.09. The highest BCUT2D eigenvalue weighted by Crippen LogP contribution is 2.45. The third-order valence-corrected chi connectivity index (χ3v) is 8.04. The van der Waals surface area contributed by atoms with Gasteiger partial charge in [0.25, 0.3) is 11.6 Å². The molecule has 9 nitrogen and oxygen atoms in total. The fourth-order valence-corrected chi connectivity index (χ4v) is 6.11. The number of nitro groups is 1. The minimum Gasteiger partial charge on any atom is -0.383 e. The molecular formula is C27H28N4O5S. The van der Waals surface area contributed by atoms with Crippen LogP contribution >= 0.6 is 11.3 Å². The van der Waals surface area contributed by atoms with Crippen LogP contribution in [0.5, 0.6) is 0 Å². The molecule has 0 aliphatic carbocycles. The Labute approximate surface area is 219 Å². The van der Waals surface area contributed by atoms with Crippen LogP contribution in [0.15, 0.2) is 66.0 Å². The molecule has 1 saturated heterocycles. The van der Waals surface area contributed by atoms with Crippen LogP contribution in [0.2, 0.25) is 0 Å². The zero-order valence-corrected chi connectivity index (χ0v) is 21.3. The molecule has 0 unspecified atom stereocenters. The molecule has 1 aromatic heterocycles. The highest BCUT2D eigenvalue weighted by molar-refractivity contribution is 7.10. The Balaban J connectivity index is 1.41. The maximum absolute atomic E-state index is 14.2. The van der Waals surface area contributed by atoms with Gasteiger partial charge in [-0.05, 0) is 35.2 Å². The molecule has 2 aliphatic rings. The van der Waals surface area contributed by atoms with Gasteiger partial charge in [-0.2, -0.15) is 0 Å². The fraction of sp³-hybridized carbons (Fsp3) is 0.333. The first-order valence-corrected chi connectivity index (χ1v) is 13.1. The van der Waals surface area contributed by atoms with Crippen molar-refractivity contribution in [2.75, 3.05) is 51.3 Å². The minimum absolute atomic E-state index is 0.00381. The number of methoxy groups -OCH3 is 1. The van der Waals surface area contributed by atoms with Crippen molar-refractivity contribution in [3.05, 3.63) is 92.2 Å². The quantitative estimate of drug-likeness (QED) is 0.346. The molecule has 0 bridgehead atoms. The minimum atomic E-state index is -0.518. The summed E-state index contributed by atoms with van der Waals surface area (Å²) in [6.07, 6.45) is 0. The van der Waals surface area contributed by atoms with E-state index in [1.165, 1.54) is 12.1 Å². The molecule has 10 heteroatoms. The Hall–Kier alpha value is -3.76. The van der Waals surface area contributed by atoms with Crippen molar-refractivity contribution in [1.29, 1.82) is 0 Å². The van der Waals surface area contributed by atoms with E-state index in [1.54, 1.807) is 41.5 Å². The van der Waals surface area contributed by atoms with Gasteiger partial charge in [0.15, 0.2) is 0 Å². The lowest BCUT2D eigenvalue weighted by atomic mass is 9.81. The maximum Gasteiger partial charge on any atom is 0.269 e. The van der Waals surface area contributed by atoms with Crippen molar-refractivity contribution in [2.24, 2.45) is 0 Å². The first kappa shape index (κ1) is 24.9. The summed E-state index contributed by atoms with van der Waals surface area (Å²) in [4.78, 5) is 45.1. The van der Waals surface area contributed by atoms with Gasteiger partial charge in [0.2, 0.25) is 5.91 Å². The molecule has 5 rings (SSSR count). The van der Waals surface area contributed by atoms with Crippen LogP contribution in [-0.2, 0) is 9.53 Å². The van der Waals surface area contributed by atoms with Crippen LogP contribution in [0.25, 0.3) is 0 Å². The summed E-state index contributed by atoms with van der Waals surface area (Å²) in [5.41, 5.74) is 2.28. The normalized spacial score (nSPS) is 19.6. The van der Waals surface area contributed by atoms with E-state index in [9.17, 15) is 19.7 Å². The van der Waals surface area contributed by atoms with Crippen molar-refractivity contribution in [3.63, 3.8) is 0 Å².